The van der Waals surface area contributed by atoms with E-state index in [9.17, 15) is 0 Å². The maximum atomic E-state index is 5.06. The second-order valence-electron chi connectivity index (χ2n) is 21.0. The fourth-order valence-electron chi connectivity index (χ4n) is 9.07. The second kappa shape index (κ2) is 38.6. The highest BCUT2D eigenvalue weighted by Crippen LogP contribution is 2.21. The highest BCUT2D eigenvalue weighted by molar-refractivity contribution is 7.17. The van der Waals surface area contributed by atoms with Crippen molar-refractivity contribution in [3.63, 3.8) is 0 Å². The summed E-state index contributed by atoms with van der Waals surface area (Å²) in [4.78, 5) is 106. The number of thiophene rings is 2. The largest absolute Gasteiger partial charge is 0.463 e. The normalized spacial score (nSPS) is 10.8. The molecule has 2 N–H and O–H groups in total. The van der Waals surface area contributed by atoms with E-state index in [0.717, 1.165) is 99.6 Å². The Kier molecular flexibility index (Phi) is 25.7. The van der Waals surface area contributed by atoms with Gasteiger partial charge in [-0.1, -0.05) is 12.1 Å². The quantitative estimate of drug-likeness (QED) is 0.142. The Morgan fingerprint density at radius 2 is 1.08 bits per heavy atom. The van der Waals surface area contributed by atoms with Crippen molar-refractivity contribution in [1.29, 1.82) is 0 Å². The molecule has 0 radical (unpaired) electrons. The molecular weight excluding hydrogens is 1450 g/mol. The summed E-state index contributed by atoms with van der Waals surface area (Å²) >= 11 is 6.52. The van der Waals surface area contributed by atoms with Crippen molar-refractivity contribution in [2.75, 3.05) is 0 Å². The summed E-state index contributed by atoms with van der Waals surface area (Å²) in [6, 6.07) is 29.0. The fraction of sp³-hybridized carbons (Fsp3) is 0.0274. The number of rotatable bonds is 0. The maximum absolute atomic E-state index is 5.06. The Hall–Kier alpha value is -14.6. The Morgan fingerprint density at radius 3 is 1.91 bits per heavy atom. The standard InChI is InChI=1S/C7H6N2.C7H5NO.2C7H5NS.2C6H5N3.2C6H4N2O.C6H4N2S.C5H4N4.C5H3N3O.C5H3N3S/c1-2-6-4-8-5-9-7(6)3-1;2*1-2-7-6(8-4-1)3-5-9-7;1-2-6-3-5-9-7(6)8-4-1;2*1-2-8-6-5(1)3-7-4-9-6;1-2-9-6-5(1)3-7-4-8-6;1-2-5-6(7-3-1)8-4-9-5;1-2-5-6(7-3-1)9-4-8-5;1-4-5(8-2-6-1)9-3-7-4;1-4-5(7-2-6-1)9-3-8-4;1-4-5(7-2-6-1)8-3-9-4/h1,3-5H,2H2;3*1-5H;2-4H,1H2;1-4H,(H,7,8,9);3*1-4H;1-3H,(H,6,7,8,9);2*1-3H. The summed E-state index contributed by atoms with van der Waals surface area (Å²) in [6.45, 7) is 0. The smallest absolute Gasteiger partial charge is 0.249 e. The SMILES string of the molecule is C1=Cc2ncncc2C1.C1=Nc2ncncc2C1.c1cnc2ccoc2c1.c1cnc2ccsc2c1.c1cnc2ncoc2c1.c1cnc2sccc2c1.c1cnc2scnc2c1.c1ncc2[nH]cnc2n1.c1ncc2cc[nH]c2n1.c1ncc2ccoc2n1.c1ncc2ncoc2n1.c1ncc2scnc2n1. The van der Waals surface area contributed by atoms with Crippen molar-refractivity contribution in [2.24, 2.45) is 4.99 Å². The summed E-state index contributed by atoms with van der Waals surface area (Å²) in [5.74, 6) is 0.824. The Bertz CT molecular complexity index is 4980. The van der Waals surface area contributed by atoms with E-state index < -0.39 is 0 Å². The van der Waals surface area contributed by atoms with Crippen LogP contribution in [-0.2, 0) is 12.8 Å². The molecule has 22 aromatic rings. The molecule has 23 heterocycles. The van der Waals surface area contributed by atoms with Crippen LogP contribution in [0.5, 0.6) is 0 Å². The van der Waals surface area contributed by atoms with Gasteiger partial charge in [-0.3, -0.25) is 9.97 Å². The summed E-state index contributed by atoms with van der Waals surface area (Å²) < 4.78 is 22.1. The molecule has 0 aromatic carbocycles. The highest BCUT2D eigenvalue weighted by Gasteiger charge is 2.06. The minimum absolute atomic E-state index is 0.532. The van der Waals surface area contributed by atoms with Crippen LogP contribution in [0.1, 0.15) is 16.8 Å². The molecule has 0 atom stereocenters. The van der Waals surface area contributed by atoms with E-state index in [-0.39, 0.29) is 0 Å². The number of pyridine rings is 5. The maximum Gasteiger partial charge on any atom is 0.249 e. The number of fused-ring (bicyclic) bond motifs is 12. The average Bonchev–Trinajstić information content (AvgIpc) is 3.18. The molecule has 108 heavy (non-hydrogen) atoms. The van der Waals surface area contributed by atoms with E-state index >= 15 is 0 Å². The summed E-state index contributed by atoms with van der Waals surface area (Å²) in [5.41, 5.74) is 17.4. The van der Waals surface area contributed by atoms with Crippen LogP contribution in [0.4, 0.5) is 5.82 Å². The third kappa shape index (κ3) is 20.8. The molecular formula is C73H53N27O4S4. The fourth-order valence-corrected chi connectivity index (χ4v) is 11.8. The summed E-state index contributed by atoms with van der Waals surface area (Å²) in [5, 5.41) is 7.34. The number of hydrogen-bond donors (Lipinski definition) is 2. The lowest BCUT2D eigenvalue weighted by Crippen LogP contribution is -1.85. The monoisotopic (exact) mass is 1500 g/mol. The van der Waals surface area contributed by atoms with Gasteiger partial charge in [0.25, 0.3) is 0 Å². The van der Waals surface area contributed by atoms with Crippen molar-refractivity contribution in [1.82, 2.24) is 130 Å². The van der Waals surface area contributed by atoms with Gasteiger partial charge < -0.3 is 27.6 Å². The van der Waals surface area contributed by atoms with Crippen molar-refractivity contribution in [3.8, 4) is 0 Å². The Labute approximate surface area is 624 Å². The Morgan fingerprint density at radius 1 is 0.370 bits per heavy atom. The van der Waals surface area contributed by atoms with Crippen molar-refractivity contribution in [3.05, 3.63) is 292 Å². The number of aromatic nitrogens is 26. The minimum Gasteiger partial charge on any atom is -0.463 e. The average molecular weight is 1500 g/mol. The van der Waals surface area contributed by atoms with E-state index in [0.29, 0.717) is 28.2 Å². The number of hydrogen-bond acceptors (Lipinski definition) is 33. The van der Waals surface area contributed by atoms with Crippen molar-refractivity contribution < 1.29 is 17.7 Å². The number of aromatic amines is 2. The van der Waals surface area contributed by atoms with Crippen LogP contribution in [0.25, 0.3) is 114 Å². The van der Waals surface area contributed by atoms with Gasteiger partial charge in [0, 0.05) is 103 Å². The topological polar surface area (TPSA) is 406 Å². The zero-order valence-corrected chi connectivity index (χ0v) is 59.3. The van der Waals surface area contributed by atoms with Gasteiger partial charge >= 0.3 is 0 Å². The van der Waals surface area contributed by atoms with Gasteiger partial charge in [0.1, 0.15) is 76.1 Å². The zero-order chi connectivity index (χ0) is 73.3. The predicted octanol–water partition coefficient (Wildman–Crippen LogP) is 15.4. The van der Waals surface area contributed by atoms with Crippen molar-refractivity contribution in [2.45, 2.75) is 12.8 Å². The van der Waals surface area contributed by atoms with Gasteiger partial charge in [-0.2, -0.15) is 9.97 Å². The van der Waals surface area contributed by atoms with Crippen LogP contribution in [0.3, 0.4) is 0 Å². The molecule has 0 fully saturated rings. The van der Waals surface area contributed by atoms with E-state index in [1.807, 2.05) is 110 Å². The van der Waals surface area contributed by atoms with Crippen LogP contribution in [0.15, 0.2) is 298 Å². The molecule has 1 aliphatic heterocycles. The van der Waals surface area contributed by atoms with Crippen LogP contribution in [0, 0.1) is 0 Å². The lowest BCUT2D eigenvalue weighted by molar-refractivity contribution is 0.590. The van der Waals surface area contributed by atoms with Gasteiger partial charge in [0.2, 0.25) is 11.4 Å². The first-order valence-electron chi connectivity index (χ1n) is 31.9. The number of imidazole rings is 1. The molecule has 0 saturated carbocycles. The molecule has 0 amide bonds. The van der Waals surface area contributed by atoms with Gasteiger partial charge in [-0.25, -0.2) is 105 Å². The van der Waals surface area contributed by atoms with E-state index in [4.69, 9.17) is 17.7 Å². The van der Waals surface area contributed by atoms with Gasteiger partial charge in [-0.15, -0.1) is 45.3 Å². The first kappa shape index (κ1) is 71.8. The van der Waals surface area contributed by atoms with E-state index in [1.54, 1.807) is 137 Å². The molecule has 0 saturated heterocycles. The molecule has 31 nitrogen and oxygen atoms in total. The molecule has 35 heteroatoms. The molecule has 2 aliphatic rings. The lowest BCUT2D eigenvalue weighted by Gasteiger charge is -1.91. The number of nitrogens with zero attached hydrogens (tertiary/aromatic N) is 25. The molecule has 0 spiro atoms. The highest BCUT2D eigenvalue weighted by atomic mass is 32.1. The third-order valence-electron chi connectivity index (χ3n) is 14.1. The van der Waals surface area contributed by atoms with Crippen LogP contribution in [-0.4, -0.2) is 136 Å². The third-order valence-corrected chi connectivity index (χ3v) is 17.3. The van der Waals surface area contributed by atoms with Gasteiger partial charge in [-0.05, 0) is 108 Å². The Balaban J connectivity index is 0.000000104. The molecule has 528 valence electrons. The number of nitrogens with one attached hydrogen (secondary N) is 2. The van der Waals surface area contributed by atoms with Gasteiger partial charge in [0.05, 0.1) is 73.8 Å². The van der Waals surface area contributed by atoms with Crippen LogP contribution < -0.4 is 0 Å². The number of H-pyrrole nitrogens is 2. The molecule has 1 aliphatic carbocycles. The number of aliphatic imine (C=N–C) groups is 1. The van der Waals surface area contributed by atoms with E-state index in [1.165, 1.54) is 66.4 Å². The van der Waals surface area contributed by atoms with Crippen LogP contribution in [0.2, 0.25) is 0 Å². The molecule has 22 aromatic heterocycles. The minimum atomic E-state index is 0.532. The number of thiazole rings is 2. The lowest BCUT2D eigenvalue weighted by atomic mass is 10.3. The predicted molar refractivity (Wildman–Crippen MR) is 413 cm³/mol. The molecule has 0 bridgehead atoms. The first-order valence-corrected chi connectivity index (χ1v) is 35.5. The number of furan rings is 2. The zero-order valence-electron chi connectivity index (χ0n) is 56.0. The number of oxazole rings is 2. The summed E-state index contributed by atoms with van der Waals surface area (Å²) in [6.07, 6.45) is 48.8. The van der Waals surface area contributed by atoms with Crippen molar-refractivity contribution >= 4 is 171 Å². The van der Waals surface area contributed by atoms with Gasteiger partial charge in [0.15, 0.2) is 46.7 Å². The molecule has 0 unspecified atom stereocenters. The second-order valence-corrected chi connectivity index (χ2v) is 24.6. The number of allylic oxidation sites excluding steroid dienone is 1. The first-order chi connectivity index (χ1) is 53.6. The van der Waals surface area contributed by atoms with Crippen LogP contribution >= 0.6 is 45.3 Å². The summed E-state index contributed by atoms with van der Waals surface area (Å²) in [7, 11) is 0. The molecule has 24 rings (SSSR count). The van der Waals surface area contributed by atoms with E-state index in [2.05, 4.69) is 170 Å².